The number of aromatic nitrogens is 4. The maximum Gasteiger partial charge on any atom is 0.209 e. The van der Waals surface area contributed by atoms with E-state index in [-0.39, 0.29) is 18.2 Å². The molecule has 2 fully saturated rings. The zero-order valence-corrected chi connectivity index (χ0v) is 16.5. The Morgan fingerprint density at radius 1 is 1.13 bits per heavy atom. The van der Waals surface area contributed by atoms with Crippen LogP contribution in [0.3, 0.4) is 0 Å². The van der Waals surface area contributed by atoms with Crippen LogP contribution >= 0.6 is 0 Å². The van der Waals surface area contributed by atoms with Gasteiger partial charge in [-0.15, -0.1) is 0 Å². The van der Waals surface area contributed by atoms with Gasteiger partial charge in [0.25, 0.3) is 0 Å². The molecule has 0 bridgehead atoms. The molecule has 0 spiro atoms. The molecule has 154 valence electrons. The normalized spacial score (nSPS) is 27.0. The number of imidazole rings is 1. The van der Waals surface area contributed by atoms with Gasteiger partial charge in [0.05, 0.1) is 12.9 Å². The average molecular weight is 407 g/mol. The number of fused-ring (bicyclic) bond motifs is 2. The molecule has 2 aliphatic rings. The zero-order valence-electron chi connectivity index (χ0n) is 16.5. The molecule has 0 radical (unpaired) electrons. The predicted molar refractivity (Wildman–Crippen MR) is 107 cm³/mol. The van der Waals surface area contributed by atoms with Crippen LogP contribution in [-0.2, 0) is 14.2 Å². The Kier molecular flexibility index (Phi) is 4.45. The molecule has 4 atom stereocenters. The summed E-state index contributed by atoms with van der Waals surface area (Å²) in [6.45, 7) is 3.48. The summed E-state index contributed by atoms with van der Waals surface area (Å²) in [5, 5.41) is 9.73. The first kappa shape index (κ1) is 19.0. The summed E-state index contributed by atoms with van der Waals surface area (Å²) in [6, 6.07) is 9.55. The fourth-order valence-corrected chi connectivity index (χ4v) is 3.86. The molecule has 0 saturated carbocycles. The van der Waals surface area contributed by atoms with Crippen LogP contribution in [0.15, 0.2) is 36.7 Å². The summed E-state index contributed by atoms with van der Waals surface area (Å²) in [7, 11) is 0. The van der Waals surface area contributed by atoms with Crippen LogP contribution in [0, 0.1) is 11.8 Å². The molecule has 3 N–H and O–H groups in total. The molecule has 9 nitrogen and oxygen atoms in total. The van der Waals surface area contributed by atoms with Crippen LogP contribution in [0.25, 0.3) is 11.2 Å². The first-order valence-electron chi connectivity index (χ1n) is 9.64. The quantitative estimate of drug-likeness (QED) is 0.609. The summed E-state index contributed by atoms with van der Waals surface area (Å²) in [5.41, 5.74) is 7.89. The summed E-state index contributed by atoms with van der Waals surface area (Å²) >= 11 is 0. The highest BCUT2D eigenvalue weighted by Crippen LogP contribution is 2.43. The Balaban J connectivity index is 1.54. The third kappa shape index (κ3) is 3.20. The lowest BCUT2D eigenvalue weighted by Gasteiger charge is -2.24. The van der Waals surface area contributed by atoms with Crippen molar-refractivity contribution in [1.82, 2.24) is 19.5 Å². The van der Waals surface area contributed by atoms with Crippen LogP contribution in [0.5, 0.6) is 0 Å². The highest BCUT2D eigenvalue weighted by Gasteiger charge is 2.56. The van der Waals surface area contributed by atoms with E-state index in [4.69, 9.17) is 19.9 Å². The maximum atomic E-state index is 9.73. The molecule has 0 aliphatic carbocycles. The largest absolute Gasteiger partial charge is 0.394 e. The summed E-state index contributed by atoms with van der Waals surface area (Å²) in [4.78, 5) is 13.2. The van der Waals surface area contributed by atoms with Crippen molar-refractivity contribution < 1.29 is 19.3 Å². The summed E-state index contributed by atoms with van der Waals surface area (Å²) < 4.78 is 19.7. The number of aliphatic hydroxyl groups excluding tert-OH is 1. The second-order valence-electron chi connectivity index (χ2n) is 7.68. The van der Waals surface area contributed by atoms with E-state index in [9.17, 15) is 5.11 Å². The lowest BCUT2D eigenvalue weighted by molar-refractivity contribution is -0.199. The van der Waals surface area contributed by atoms with E-state index in [0.717, 1.165) is 5.56 Å². The molecule has 0 amide bonds. The molecule has 2 saturated heterocycles. The van der Waals surface area contributed by atoms with Gasteiger partial charge in [0.1, 0.15) is 23.8 Å². The van der Waals surface area contributed by atoms with E-state index in [1.807, 2.05) is 44.2 Å². The number of hydrogen-bond acceptors (Lipinski definition) is 8. The number of rotatable bonds is 2. The summed E-state index contributed by atoms with van der Waals surface area (Å²) in [5.74, 6) is 5.71. The van der Waals surface area contributed by atoms with Gasteiger partial charge >= 0.3 is 0 Å². The van der Waals surface area contributed by atoms with Gasteiger partial charge in [-0.25, -0.2) is 15.0 Å². The van der Waals surface area contributed by atoms with Crippen molar-refractivity contribution in [2.75, 3.05) is 12.3 Å². The van der Waals surface area contributed by atoms with E-state index in [1.165, 1.54) is 0 Å². The zero-order chi connectivity index (χ0) is 20.9. The molecular weight excluding hydrogens is 386 g/mol. The van der Waals surface area contributed by atoms with Crippen LogP contribution < -0.4 is 5.73 Å². The highest BCUT2D eigenvalue weighted by atomic mass is 16.8. The number of benzene rings is 1. The number of anilines is 1. The van der Waals surface area contributed by atoms with Gasteiger partial charge in [0, 0.05) is 5.56 Å². The van der Waals surface area contributed by atoms with Gasteiger partial charge in [0.2, 0.25) is 5.82 Å². The fourth-order valence-electron chi connectivity index (χ4n) is 3.86. The van der Waals surface area contributed by atoms with Crippen molar-refractivity contribution in [3.8, 4) is 11.8 Å². The van der Waals surface area contributed by atoms with Crippen molar-refractivity contribution in [2.24, 2.45) is 0 Å². The molecule has 30 heavy (non-hydrogen) atoms. The molecule has 5 rings (SSSR count). The van der Waals surface area contributed by atoms with Gasteiger partial charge in [-0.2, -0.15) is 0 Å². The van der Waals surface area contributed by atoms with E-state index in [0.29, 0.717) is 11.2 Å². The molecule has 4 heterocycles. The minimum Gasteiger partial charge on any atom is -0.394 e. The maximum absolute atomic E-state index is 9.73. The third-order valence-electron chi connectivity index (χ3n) is 5.12. The lowest BCUT2D eigenvalue weighted by atomic mass is 10.1. The number of aliphatic hydroxyl groups is 1. The molecule has 9 heteroatoms. The minimum absolute atomic E-state index is 0.186. The Morgan fingerprint density at radius 2 is 1.90 bits per heavy atom. The van der Waals surface area contributed by atoms with E-state index >= 15 is 0 Å². The Labute approximate surface area is 172 Å². The lowest BCUT2D eigenvalue weighted by Crippen LogP contribution is -2.31. The minimum atomic E-state index is -0.776. The summed E-state index contributed by atoms with van der Waals surface area (Å²) in [6.07, 6.45) is -0.340. The van der Waals surface area contributed by atoms with Crippen molar-refractivity contribution in [3.63, 3.8) is 0 Å². The molecule has 1 aromatic carbocycles. The van der Waals surface area contributed by atoms with Crippen LogP contribution in [0.2, 0.25) is 0 Å². The van der Waals surface area contributed by atoms with Crippen LogP contribution in [0.4, 0.5) is 5.82 Å². The number of ether oxygens (including phenoxy) is 3. The van der Waals surface area contributed by atoms with Gasteiger partial charge in [-0.1, -0.05) is 24.1 Å². The van der Waals surface area contributed by atoms with Crippen molar-refractivity contribution in [2.45, 2.75) is 44.2 Å². The topological polar surface area (TPSA) is 118 Å². The van der Waals surface area contributed by atoms with Crippen molar-refractivity contribution >= 4 is 17.0 Å². The number of nitrogen functional groups attached to an aromatic ring is 1. The molecule has 2 aromatic heterocycles. The van der Waals surface area contributed by atoms with Gasteiger partial charge < -0.3 is 25.1 Å². The van der Waals surface area contributed by atoms with Crippen molar-refractivity contribution in [1.29, 1.82) is 0 Å². The standard InChI is InChI=1S/C21H21N5O4/c1-21(2)29-16-13(10-27)28-20(17(16)30-21)26-11-23-15-18(22)24-14(25-19(15)26)9-8-12-6-4-3-5-7-12/h3-7,11,13,16-17,20,27H,10H2,1-2H3,(H2,22,24,25)/t13-,16-,17-,20-/m1/s1. The second-order valence-corrected chi connectivity index (χ2v) is 7.68. The first-order valence-corrected chi connectivity index (χ1v) is 9.64. The van der Waals surface area contributed by atoms with E-state index in [1.54, 1.807) is 10.9 Å². The second kappa shape index (κ2) is 7.04. The third-order valence-corrected chi connectivity index (χ3v) is 5.12. The first-order chi connectivity index (χ1) is 14.4. The molecule has 3 aromatic rings. The van der Waals surface area contributed by atoms with Crippen LogP contribution in [-0.4, -0.2) is 55.3 Å². The van der Waals surface area contributed by atoms with Crippen LogP contribution in [0.1, 0.15) is 31.5 Å². The highest BCUT2D eigenvalue weighted by molar-refractivity contribution is 5.82. The molecule has 2 aliphatic heterocycles. The molecular formula is C21H21N5O4. The number of nitrogens with two attached hydrogens (primary N) is 1. The number of hydrogen-bond donors (Lipinski definition) is 2. The fraction of sp³-hybridized carbons (Fsp3) is 0.381. The van der Waals surface area contributed by atoms with E-state index < -0.39 is 30.3 Å². The predicted octanol–water partition coefficient (Wildman–Crippen LogP) is 1.22. The monoisotopic (exact) mass is 407 g/mol. The SMILES string of the molecule is CC1(C)O[C@@H]2[C@H](O1)[C@@H](CO)O[C@H]2n1cnc2c(N)nc(C#Cc3ccccc3)nc21. The van der Waals surface area contributed by atoms with Gasteiger partial charge in [-0.05, 0) is 31.9 Å². The van der Waals surface area contributed by atoms with Crippen molar-refractivity contribution in [3.05, 3.63) is 48.0 Å². The van der Waals surface area contributed by atoms with Gasteiger partial charge in [-0.3, -0.25) is 4.57 Å². The average Bonchev–Trinajstić information content (AvgIpc) is 3.38. The Morgan fingerprint density at radius 3 is 2.67 bits per heavy atom. The van der Waals surface area contributed by atoms with E-state index in [2.05, 4.69) is 26.8 Å². The smallest absolute Gasteiger partial charge is 0.209 e. The number of nitrogens with zero attached hydrogens (tertiary/aromatic N) is 4. The molecule has 0 unspecified atom stereocenters. The Hall–Kier alpha value is -3.03. The van der Waals surface area contributed by atoms with Gasteiger partial charge in [0.15, 0.2) is 23.5 Å². The Bertz CT molecular complexity index is 1150.